The molecule has 1 heterocycles. The Balaban J connectivity index is 1.55. The van der Waals surface area contributed by atoms with Crippen molar-refractivity contribution in [3.8, 4) is 0 Å². The minimum Gasteiger partial charge on any atom is -0.308 e. The lowest BCUT2D eigenvalue weighted by atomic mass is 9.95. The summed E-state index contributed by atoms with van der Waals surface area (Å²) in [6.45, 7) is 3.32. The van der Waals surface area contributed by atoms with Crippen LogP contribution in [0.25, 0.3) is 0 Å². The zero-order valence-electron chi connectivity index (χ0n) is 11.6. The van der Waals surface area contributed by atoms with Gasteiger partial charge in [0.05, 0.1) is 11.7 Å². The quantitative estimate of drug-likeness (QED) is 0.881. The van der Waals surface area contributed by atoms with E-state index in [1.807, 2.05) is 12.4 Å². The van der Waals surface area contributed by atoms with Crippen LogP contribution in [0.5, 0.6) is 0 Å². The third kappa shape index (κ3) is 1.82. The number of nitrogens with zero attached hydrogens (tertiary/aromatic N) is 2. The van der Waals surface area contributed by atoms with E-state index in [-0.39, 0.29) is 0 Å². The van der Waals surface area contributed by atoms with E-state index < -0.39 is 0 Å². The van der Waals surface area contributed by atoms with Gasteiger partial charge in [0.2, 0.25) is 0 Å². The molecule has 1 aromatic rings. The second kappa shape index (κ2) is 4.55. The lowest BCUT2D eigenvalue weighted by Crippen LogP contribution is -2.27. The van der Waals surface area contributed by atoms with Crippen molar-refractivity contribution >= 4 is 0 Å². The van der Waals surface area contributed by atoms with Crippen LogP contribution in [0.15, 0.2) is 18.6 Å². The van der Waals surface area contributed by atoms with Crippen molar-refractivity contribution in [3.05, 3.63) is 24.3 Å². The first kappa shape index (κ1) is 11.8. The molecule has 3 heteroatoms. The molecular formula is C16H23N3. The minimum absolute atomic E-state index is 0.451. The van der Waals surface area contributed by atoms with Crippen molar-refractivity contribution in [1.29, 1.82) is 0 Å². The van der Waals surface area contributed by atoms with Crippen LogP contribution in [0.1, 0.15) is 44.3 Å². The fraction of sp³-hybridized carbons (Fsp3) is 0.750. The Labute approximate surface area is 115 Å². The highest BCUT2D eigenvalue weighted by Crippen LogP contribution is 2.72. The smallest absolute Gasteiger partial charge is 0.0759 e. The molecule has 102 valence electrons. The predicted molar refractivity (Wildman–Crippen MR) is 74.4 cm³/mol. The van der Waals surface area contributed by atoms with Crippen molar-refractivity contribution in [2.75, 3.05) is 6.54 Å². The molecule has 19 heavy (non-hydrogen) atoms. The van der Waals surface area contributed by atoms with Gasteiger partial charge in [0, 0.05) is 18.6 Å². The van der Waals surface area contributed by atoms with Gasteiger partial charge in [0.25, 0.3) is 0 Å². The summed E-state index contributed by atoms with van der Waals surface area (Å²) in [5.41, 5.74) is 1.16. The van der Waals surface area contributed by atoms with Gasteiger partial charge in [-0.05, 0) is 61.8 Å². The van der Waals surface area contributed by atoms with Gasteiger partial charge in [0.15, 0.2) is 0 Å². The van der Waals surface area contributed by atoms with Crippen LogP contribution in [-0.2, 0) is 0 Å². The third-order valence-corrected chi connectivity index (χ3v) is 5.70. The van der Waals surface area contributed by atoms with E-state index in [1.165, 1.54) is 25.7 Å². The maximum atomic E-state index is 4.57. The van der Waals surface area contributed by atoms with E-state index in [4.69, 9.17) is 0 Å². The molecule has 0 amide bonds. The highest BCUT2D eigenvalue weighted by atomic mass is 15.0. The summed E-state index contributed by atoms with van der Waals surface area (Å²) in [6.07, 6.45) is 11.3. The normalized spacial score (nSPS) is 40.2. The molecule has 2 bridgehead atoms. The number of aromatic nitrogens is 2. The average molecular weight is 257 g/mol. The molecule has 5 atom stereocenters. The molecule has 0 spiro atoms. The molecule has 0 aromatic carbocycles. The lowest BCUT2D eigenvalue weighted by Gasteiger charge is -2.21. The Hall–Kier alpha value is -0.960. The summed E-state index contributed by atoms with van der Waals surface area (Å²) < 4.78 is 0. The van der Waals surface area contributed by atoms with Gasteiger partial charge in [0.1, 0.15) is 0 Å². The van der Waals surface area contributed by atoms with Gasteiger partial charge in [-0.15, -0.1) is 0 Å². The van der Waals surface area contributed by atoms with E-state index in [1.54, 1.807) is 6.20 Å². The third-order valence-electron chi connectivity index (χ3n) is 5.70. The SMILES string of the molecule is CCCNC(c1cnccn1)C1C2C3CCC(C3)C21. The number of nitrogens with one attached hydrogen (secondary N) is 1. The standard InChI is InChI=1S/C16H23N3/c1-2-5-19-16(12-9-17-6-7-18-12)15-13-10-3-4-11(8-10)14(13)15/h6-7,9-11,13-16,19H,2-5,8H2,1H3. The van der Waals surface area contributed by atoms with Crippen LogP contribution in [-0.4, -0.2) is 16.5 Å². The molecule has 3 fully saturated rings. The van der Waals surface area contributed by atoms with Crippen LogP contribution >= 0.6 is 0 Å². The molecule has 0 aliphatic heterocycles. The number of fused-ring (bicyclic) bond motifs is 5. The van der Waals surface area contributed by atoms with Gasteiger partial charge in [-0.3, -0.25) is 9.97 Å². The van der Waals surface area contributed by atoms with Crippen molar-refractivity contribution < 1.29 is 0 Å². The van der Waals surface area contributed by atoms with E-state index in [0.717, 1.165) is 41.8 Å². The summed E-state index contributed by atoms with van der Waals surface area (Å²) in [6, 6.07) is 0.451. The van der Waals surface area contributed by atoms with E-state index in [0.29, 0.717) is 6.04 Å². The Morgan fingerprint density at radius 1 is 1.26 bits per heavy atom. The van der Waals surface area contributed by atoms with Gasteiger partial charge in [-0.2, -0.15) is 0 Å². The van der Waals surface area contributed by atoms with Gasteiger partial charge in [-0.1, -0.05) is 6.92 Å². The molecule has 0 saturated heterocycles. The largest absolute Gasteiger partial charge is 0.308 e. The van der Waals surface area contributed by atoms with Crippen LogP contribution in [0, 0.1) is 29.6 Å². The zero-order chi connectivity index (χ0) is 12.8. The summed E-state index contributed by atoms with van der Waals surface area (Å²) >= 11 is 0. The molecule has 3 aliphatic carbocycles. The number of hydrogen-bond acceptors (Lipinski definition) is 3. The van der Waals surface area contributed by atoms with E-state index in [2.05, 4.69) is 22.2 Å². The Morgan fingerprint density at radius 2 is 2.05 bits per heavy atom. The minimum atomic E-state index is 0.451. The van der Waals surface area contributed by atoms with Crippen LogP contribution in [0.4, 0.5) is 0 Å². The van der Waals surface area contributed by atoms with Crippen molar-refractivity contribution in [3.63, 3.8) is 0 Å². The monoisotopic (exact) mass is 257 g/mol. The molecular weight excluding hydrogens is 234 g/mol. The van der Waals surface area contributed by atoms with Gasteiger partial charge in [-0.25, -0.2) is 0 Å². The first-order valence-electron chi connectivity index (χ1n) is 7.89. The summed E-state index contributed by atoms with van der Waals surface area (Å²) in [7, 11) is 0. The molecule has 4 rings (SSSR count). The summed E-state index contributed by atoms with van der Waals surface area (Å²) in [5, 5.41) is 3.74. The van der Waals surface area contributed by atoms with Crippen molar-refractivity contribution in [1.82, 2.24) is 15.3 Å². The Morgan fingerprint density at radius 3 is 2.68 bits per heavy atom. The van der Waals surface area contributed by atoms with Crippen LogP contribution < -0.4 is 5.32 Å². The first-order chi connectivity index (χ1) is 9.40. The van der Waals surface area contributed by atoms with Crippen LogP contribution in [0.2, 0.25) is 0 Å². The zero-order valence-corrected chi connectivity index (χ0v) is 11.6. The highest BCUT2D eigenvalue weighted by Gasteiger charge is 2.66. The molecule has 1 aromatic heterocycles. The molecule has 3 saturated carbocycles. The van der Waals surface area contributed by atoms with Crippen molar-refractivity contribution in [2.24, 2.45) is 29.6 Å². The number of hydrogen-bond donors (Lipinski definition) is 1. The fourth-order valence-corrected chi connectivity index (χ4v) is 5.05. The maximum Gasteiger partial charge on any atom is 0.0759 e. The van der Waals surface area contributed by atoms with E-state index in [9.17, 15) is 0 Å². The molecule has 3 nitrogen and oxygen atoms in total. The Bertz CT molecular complexity index is 431. The predicted octanol–water partition coefficient (Wildman–Crippen LogP) is 2.81. The van der Waals surface area contributed by atoms with Gasteiger partial charge < -0.3 is 5.32 Å². The molecule has 3 aliphatic rings. The fourth-order valence-electron chi connectivity index (χ4n) is 5.05. The lowest BCUT2D eigenvalue weighted by molar-refractivity contribution is 0.364. The second-order valence-corrected chi connectivity index (χ2v) is 6.63. The maximum absolute atomic E-state index is 4.57. The molecule has 1 N–H and O–H groups in total. The molecule has 5 unspecified atom stereocenters. The van der Waals surface area contributed by atoms with Gasteiger partial charge >= 0.3 is 0 Å². The van der Waals surface area contributed by atoms with E-state index >= 15 is 0 Å². The average Bonchev–Trinajstić information content (AvgIpc) is 2.88. The summed E-state index contributed by atoms with van der Waals surface area (Å²) in [5.74, 6) is 4.89. The Kier molecular flexibility index (Phi) is 2.83. The van der Waals surface area contributed by atoms with Crippen LogP contribution in [0.3, 0.4) is 0 Å². The highest BCUT2D eigenvalue weighted by molar-refractivity contribution is 5.20. The molecule has 0 radical (unpaired) electrons. The second-order valence-electron chi connectivity index (χ2n) is 6.63. The summed E-state index contributed by atoms with van der Waals surface area (Å²) in [4.78, 5) is 8.83. The topological polar surface area (TPSA) is 37.8 Å². The number of rotatable bonds is 5. The van der Waals surface area contributed by atoms with Crippen molar-refractivity contribution in [2.45, 2.75) is 38.6 Å². The first-order valence-corrected chi connectivity index (χ1v) is 7.89.